The summed E-state index contributed by atoms with van der Waals surface area (Å²) in [6.07, 6.45) is 4.63. The predicted octanol–water partition coefficient (Wildman–Crippen LogP) is 4.58. The van der Waals surface area contributed by atoms with Crippen LogP contribution in [0.3, 0.4) is 0 Å². The third-order valence-corrected chi connectivity index (χ3v) is 6.97. The smallest absolute Gasteiger partial charge is 0.266 e. The molecule has 0 atom stereocenters. The molecule has 0 aliphatic carbocycles. The van der Waals surface area contributed by atoms with Gasteiger partial charge in [0.2, 0.25) is 12.7 Å². The van der Waals surface area contributed by atoms with E-state index in [9.17, 15) is 9.59 Å². The number of unbranched alkanes of at least 4 members (excludes halogenated alkanes) is 2. The van der Waals surface area contributed by atoms with Crippen molar-refractivity contribution < 1.29 is 19.1 Å². The van der Waals surface area contributed by atoms with Crippen LogP contribution in [0, 0.1) is 6.92 Å². The van der Waals surface area contributed by atoms with Crippen molar-refractivity contribution in [1.82, 2.24) is 9.88 Å². The molecule has 1 aromatic carbocycles. The number of thioether (sulfide) groups is 1. The zero-order valence-corrected chi connectivity index (χ0v) is 19.3. The van der Waals surface area contributed by atoms with Crippen molar-refractivity contribution in [2.75, 3.05) is 18.7 Å². The maximum Gasteiger partial charge on any atom is 0.266 e. The number of carbonyl (C=O) groups is 2. The number of anilines is 1. The molecule has 1 saturated heterocycles. The standard InChI is InChI=1S/C21H21N3O4S3/c1-13-11-30-20(22-13)23-18(25)5-3-2-4-8-24-19(26)17(31-21(24)29)10-14-6-7-15-16(9-14)28-12-27-15/h6-7,9-11H,2-5,8,12H2,1H3,(H,22,23,25)/b17-10-. The summed E-state index contributed by atoms with van der Waals surface area (Å²) in [6, 6.07) is 5.58. The van der Waals surface area contributed by atoms with Crippen molar-refractivity contribution in [2.24, 2.45) is 0 Å². The second-order valence-electron chi connectivity index (χ2n) is 7.10. The number of hydrogen-bond donors (Lipinski definition) is 1. The van der Waals surface area contributed by atoms with Crippen molar-refractivity contribution >= 4 is 62.7 Å². The van der Waals surface area contributed by atoms with Gasteiger partial charge in [-0.05, 0) is 43.5 Å². The monoisotopic (exact) mass is 475 g/mol. The lowest BCUT2D eigenvalue weighted by Crippen LogP contribution is -2.29. The first-order valence-electron chi connectivity index (χ1n) is 9.86. The molecule has 1 fully saturated rings. The van der Waals surface area contributed by atoms with Gasteiger partial charge in [-0.3, -0.25) is 14.5 Å². The van der Waals surface area contributed by atoms with Gasteiger partial charge >= 0.3 is 0 Å². The molecule has 0 saturated carbocycles. The van der Waals surface area contributed by atoms with Gasteiger partial charge in [-0.15, -0.1) is 11.3 Å². The second kappa shape index (κ2) is 9.80. The van der Waals surface area contributed by atoms with Crippen molar-refractivity contribution in [3.8, 4) is 11.5 Å². The Morgan fingerprint density at radius 3 is 2.94 bits per heavy atom. The maximum absolute atomic E-state index is 12.8. The minimum absolute atomic E-state index is 0.0355. The molecule has 2 aliphatic rings. The predicted molar refractivity (Wildman–Crippen MR) is 126 cm³/mol. The largest absolute Gasteiger partial charge is 0.454 e. The molecule has 2 amide bonds. The highest BCUT2D eigenvalue weighted by Gasteiger charge is 2.31. The minimum atomic E-state index is -0.0791. The van der Waals surface area contributed by atoms with Crippen LogP contribution in [0.4, 0.5) is 5.13 Å². The fourth-order valence-corrected chi connectivity index (χ4v) is 5.19. The topological polar surface area (TPSA) is 80.8 Å². The Morgan fingerprint density at radius 1 is 1.29 bits per heavy atom. The van der Waals surface area contributed by atoms with Crippen LogP contribution in [0.25, 0.3) is 6.08 Å². The number of thiocarbonyl (C=S) groups is 1. The van der Waals surface area contributed by atoms with Crippen molar-refractivity contribution in [2.45, 2.75) is 32.6 Å². The van der Waals surface area contributed by atoms with Crippen LogP contribution in [-0.2, 0) is 9.59 Å². The highest BCUT2D eigenvalue weighted by atomic mass is 32.2. The number of amides is 2. The summed E-state index contributed by atoms with van der Waals surface area (Å²) in [5.74, 6) is 1.27. The van der Waals surface area contributed by atoms with E-state index in [0.29, 0.717) is 38.8 Å². The first-order valence-corrected chi connectivity index (χ1v) is 12.0. The average Bonchev–Trinajstić information content (AvgIpc) is 3.43. The highest BCUT2D eigenvalue weighted by molar-refractivity contribution is 8.26. The first kappa shape index (κ1) is 21.8. The second-order valence-corrected chi connectivity index (χ2v) is 9.63. The molecule has 162 valence electrons. The molecule has 0 unspecified atom stereocenters. The van der Waals surface area contributed by atoms with Gasteiger partial charge < -0.3 is 14.8 Å². The fraction of sp³-hybridized carbons (Fsp3) is 0.333. The molecule has 7 nitrogen and oxygen atoms in total. The summed E-state index contributed by atoms with van der Waals surface area (Å²) < 4.78 is 11.3. The van der Waals surface area contributed by atoms with Gasteiger partial charge in [-0.2, -0.15) is 0 Å². The SMILES string of the molecule is Cc1csc(NC(=O)CCCCCN2C(=O)/C(=C/c3ccc4c(c3)OCO4)SC2=S)n1. The molecule has 10 heteroatoms. The average molecular weight is 476 g/mol. The van der Waals surface area contributed by atoms with Crippen LogP contribution in [0.2, 0.25) is 0 Å². The van der Waals surface area contributed by atoms with Crippen LogP contribution >= 0.6 is 35.3 Å². The van der Waals surface area contributed by atoms with Crippen LogP contribution in [-0.4, -0.2) is 39.4 Å². The van der Waals surface area contributed by atoms with Crippen molar-refractivity contribution in [3.63, 3.8) is 0 Å². The fourth-order valence-electron chi connectivity index (χ4n) is 3.17. The van der Waals surface area contributed by atoms with Gasteiger partial charge in [-0.1, -0.05) is 36.5 Å². The van der Waals surface area contributed by atoms with Crippen molar-refractivity contribution in [3.05, 3.63) is 39.7 Å². The molecular weight excluding hydrogens is 454 g/mol. The van der Waals surface area contributed by atoms with E-state index in [0.717, 1.165) is 30.5 Å². The van der Waals surface area contributed by atoms with Crippen LogP contribution in [0.15, 0.2) is 28.5 Å². The van der Waals surface area contributed by atoms with Gasteiger partial charge in [0.1, 0.15) is 4.32 Å². The van der Waals surface area contributed by atoms with E-state index in [4.69, 9.17) is 21.7 Å². The molecule has 2 aliphatic heterocycles. The van der Waals surface area contributed by atoms with E-state index in [1.807, 2.05) is 36.6 Å². The van der Waals surface area contributed by atoms with Gasteiger partial charge in [0.15, 0.2) is 16.6 Å². The van der Waals surface area contributed by atoms with Crippen molar-refractivity contribution in [1.29, 1.82) is 0 Å². The number of ether oxygens (including phenoxy) is 2. The Labute approximate surface area is 193 Å². The Bertz CT molecular complexity index is 1050. The lowest BCUT2D eigenvalue weighted by molar-refractivity contribution is -0.122. The summed E-state index contributed by atoms with van der Waals surface area (Å²) in [7, 11) is 0. The Balaban J connectivity index is 1.22. The molecule has 3 heterocycles. The quantitative estimate of drug-likeness (QED) is 0.340. The number of carbonyl (C=O) groups excluding carboxylic acids is 2. The molecular formula is C21H21N3O4S3. The number of benzene rings is 1. The van der Waals surface area contributed by atoms with E-state index in [1.54, 1.807) is 4.90 Å². The number of nitrogens with one attached hydrogen (secondary N) is 1. The van der Waals surface area contributed by atoms with E-state index in [-0.39, 0.29) is 18.6 Å². The molecule has 0 bridgehead atoms. The first-order chi connectivity index (χ1) is 15.0. The lowest BCUT2D eigenvalue weighted by atomic mass is 10.1. The summed E-state index contributed by atoms with van der Waals surface area (Å²) in [6.45, 7) is 2.66. The van der Waals surface area contributed by atoms with Gasteiger partial charge in [0.05, 0.1) is 10.6 Å². The van der Waals surface area contributed by atoms with Crippen LogP contribution < -0.4 is 14.8 Å². The molecule has 1 aromatic heterocycles. The summed E-state index contributed by atoms with van der Waals surface area (Å²) in [4.78, 5) is 31.2. The number of thiazole rings is 1. The zero-order valence-electron chi connectivity index (χ0n) is 16.9. The Morgan fingerprint density at radius 2 is 2.13 bits per heavy atom. The van der Waals surface area contributed by atoms with E-state index < -0.39 is 0 Å². The van der Waals surface area contributed by atoms with Crippen LogP contribution in [0.5, 0.6) is 11.5 Å². The number of aryl methyl sites for hydroxylation is 1. The molecule has 2 aromatic rings. The number of aromatic nitrogens is 1. The molecule has 1 N–H and O–H groups in total. The minimum Gasteiger partial charge on any atom is -0.454 e. The number of rotatable bonds is 8. The summed E-state index contributed by atoms with van der Waals surface area (Å²) >= 11 is 8.13. The number of hydrogen-bond acceptors (Lipinski definition) is 8. The van der Waals surface area contributed by atoms with E-state index >= 15 is 0 Å². The third kappa shape index (κ3) is 5.44. The Kier molecular flexibility index (Phi) is 6.89. The van der Waals surface area contributed by atoms with Gasteiger partial charge in [0.25, 0.3) is 5.91 Å². The molecule has 0 radical (unpaired) electrons. The highest BCUT2D eigenvalue weighted by Crippen LogP contribution is 2.36. The van der Waals surface area contributed by atoms with Gasteiger partial charge in [-0.25, -0.2) is 4.98 Å². The Hall–Kier alpha value is -2.43. The van der Waals surface area contributed by atoms with E-state index in [1.165, 1.54) is 23.1 Å². The molecule has 0 spiro atoms. The third-order valence-electron chi connectivity index (χ3n) is 4.72. The summed E-state index contributed by atoms with van der Waals surface area (Å²) in [5.41, 5.74) is 1.77. The molecule has 4 rings (SSSR count). The number of nitrogens with zero attached hydrogens (tertiary/aromatic N) is 2. The summed E-state index contributed by atoms with van der Waals surface area (Å²) in [5, 5.41) is 5.34. The maximum atomic E-state index is 12.8. The zero-order chi connectivity index (χ0) is 21.8. The lowest BCUT2D eigenvalue weighted by Gasteiger charge is -2.14. The van der Waals surface area contributed by atoms with E-state index in [2.05, 4.69) is 10.3 Å². The molecule has 31 heavy (non-hydrogen) atoms. The number of fused-ring (bicyclic) bond motifs is 1. The normalized spacial score (nSPS) is 16.4. The van der Waals surface area contributed by atoms with Gasteiger partial charge in [0, 0.05) is 18.3 Å². The van der Waals surface area contributed by atoms with Crippen LogP contribution in [0.1, 0.15) is 36.9 Å².